The molecular weight excluding hydrogens is 254 g/mol. The molecule has 2 N–H and O–H groups in total. The first kappa shape index (κ1) is 12.6. The quantitative estimate of drug-likeness (QED) is 0.821. The van der Waals surface area contributed by atoms with Crippen LogP contribution >= 0.6 is 11.6 Å². The van der Waals surface area contributed by atoms with E-state index < -0.39 is 5.97 Å². The van der Waals surface area contributed by atoms with Crippen LogP contribution in [0.4, 0.5) is 0 Å². The molecule has 0 unspecified atom stereocenters. The molecule has 1 amide bonds. The van der Waals surface area contributed by atoms with Crippen molar-refractivity contribution in [1.29, 1.82) is 0 Å². The van der Waals surface area contributed by atoms with Crippen molar-refractivity contribution in [2.24, 2.45) is 0 Å². The molecule has 0 spiro atoms. The largest absolute Gasteiger partial charge is 0.478 e. The van der Waals surface area contributed by atoms with E-state index in [0.717, 1.165) is 18.9 Å². The summed E-state index contributed by atoms with van der Waals surface area (Å²) in [5.41, 5.74) is 1.06. The van der Waals surface area contributed by atoms with E-state index in [1.165, 1.54) is 6.08 Å². The first-order valence-electron chi connectivity index (χ1n) is 5.57. The third-order valence-corrected chi connectivity index (χ3v) is 2.88. The van der Waals surface area contributed by atoms with Gasteiger partial charge in [0.2, 0.25) is 0 Å². The summed E-state index contributed by atoms with van der Waals surface area (Å²) in [4.78, 5) is 22.2. The second kappa shape index (κ2) is 5.23. The van der Waals surface area contributed by atoms with Gasteiger partial charge in [-0.1, -0.05) is 17.7 Å². The van der Waals surface area contributed by atoms with Gasteiger partial charge in [-0.25, -0.2) is 4.79 Å². The molecule has 0 saturated heterocycles. The zero-order valence-corrected chi connectivity index (χ0v) is 10.3. The Labute approximate surface area is 109 Å². The highest BCUT2D eigenvalue weighted by atomic mass is 35.5. The molecule has 1 aliphatic rings. The number of hydrogen-bond acceptors (Lipinski definition) is 2. The molecule has 1 fully saturated rings. The fourth-order valence-electron chi connectivity index (χ4n) is 1.48. The Bertz CT molecular complexity index is 521. The third-order valence-electron chi connectivity index (χ3n) is 2.57. The molecule has 0 radical (unpaired) electrons. The van der Waals surface area contributed by atoms with Crippen LogP contribution in [0, 0.1) is 0 Å². The van der Waals surface area contributed by atoms with Gasteiger partial charge in [-0.15, -0.1) is 0 Å². The van der Waals surface area contributed by atoms with Gasteiger partial charge in [-0.2, -0.15) is 0 Å². The van der Waals surface area contributed by atoms with Crippen LogP contribution in [0.15, 0.2) is 24.3 Å². The van der Waals surface area contributed by atoms with Crippen LogP contribution in [0.3, 0.4) is 0 Å². The lowest BCUT2D eigenvalue weighted by molar-refractivity contribution is -0.131. The van der Waals surface area contributed by atoms with E-state index >= 15 is 0 Å². The van der Waals surface area contributed by atoms with Crippen molar-refractivity contribution < 1.29 is 14.7 Å². The molecular formula is C13H12ClNO3. The van der Waals surface area contributed by atoms with Gasteiger partial charge in [-0.3, -0.25) is 4.79 Å². The summed E-state index contributed by atoms with van der Waals surface area (Å²) in [6.07, 6.45) is 4.48. The van der Waals surface area contributed by atoms with Crippen molar-refractivity contribution in [3.05, 3.63) is 40.4 Å². The van der Waals surface area contributed by atoms with Crippen molar-refractivity contribution in [3.63, 3.8) is 0 Å². The number of benzene rings is 1. The van der Waals surface area contributed by atoms with Crippen molar-refractivity contribution in [2.45, 2.75) is 18.9 Å². The average molecular weight is 266 g/mol. The lowest BCUT2D eigenvalue weighted by Gasteiger charge is -2.06. The second-order valence-corrected chi connectivity index (χ2v) is 4.57. The lowest BCUT2D eigenvalue weighted by atomic mass is 10.1. The predicted octanol–water partition coefficient (Wildman–Crippen LogP) is 2.33. The summed E-state index contributed by atoms with van der Waals surface area (Å²) in [6, 6.07) is 5.11. The Hall–Kier alpha value is -1.81. The zero-order chi connectivity index (χ0) is 13.1. The fourth-order valence-corrected chi connectivity index (χ4v) is 1.75. The first-order chi connectivity index (χ1) is 8.56. The Morgan fingerprint density at radius 3 is 2.67 bits per heavy atom. The molecule has 0 bridgehead atoms. The molecule has 0 atom stereocenters. The SMILES string of the molecule is O=C(O)C=Cc1ccc(C(=O)NC2CC2)c(Cl)c1. The zero-order valence-electron chi connectivity index (χ0n) is 9.52. The molecule has 4 nitrogen and oxygen atoms in total. The standard InChI is InChI=1S/C13H12ClNO3/c14-11-7-8(2-6-12(16)17)1-5-10(11)13(18)15-9-3-4-9/h1-2,5-7,9H,3-4H2,(H,15,18)(H,16,17). The fraction of sp³-hybridized carbons (Fsp3) is 0.231. The van der Waals surface area contributed by atoms with Gasteiger partial charge in [-0.05, 0) is 36.6 Å². The van der Waals surface area contributed by atoms with Gasteiger partial charge in [0.15, 0.2) is 0 Å². The van der Waals surface area contributed by atoms with Gasteiger partial charge in [0, 0.05) is 12.1 Å². The highest BCUT2D eigenvalue weighted by molar-refractivity contribution is 6.34. The summed E-state index contributed by atoms with van der Waals surface area (Å²) >= 11 is 6.00. The van der Waals surface area contributed by atoms with Crippen LogP contribution in [0.1, 0.15) is 28.8 Å². The maximum Gasteiger partial charge on any atom is 0.328 e. The number of rotatable bonds is 4. The normalized spacial score (nSPS) is 14.7. The van der Waals surface area contributed by atoms with E-state index in [2.05, 4.69) is 5.32 Å². The minimum Gasteiger partial charge on any atom is -0.478 e. The average Bonchev–Trinajstić information content (AvgIpc) is 3.10. The molecule has 0 aliphatic heterocycles. The molecule has 18 heavy (non-hydrogen) atoms. The second-order valence-electron chi connectivity index (χ2n) is 4.16. The number of hydrogen-bond donors (Lipinski definition) is 2. The topological polar surface area (TPSA) is 66.4 Å². The minimum absolute atomic E-state index is 0.184. The van der Waals surface area contributed by atoms with E-state index in [9.17, 15) is 9.59 Å². The highest BCUT2D eigenvalue weighted by Crippen LogP contribution is 2.22. The van der Waals surface area contributed by atoms with Crippen LogP contribution in [-0.2, 0) is 4.79 Å². The Morgan fingerprint density at radius 2 is 2.11 bits per heavy atom. The van der Waals surface area contributed by atoms with Crippen molar-refractivity contribution in [2.75, 3.05) is 0 Å². The first-order valence-corrected chi connectivity index (χ1v) is 5.95. The number of halogens is 1. The molecule has 1 aromatic rings. The van der Waals surface area contributed by atoms with Gasteiger partial charge < -0.3 is 10.4 Å². The minimum atomic E-state index is -1.03. The maximum absolute atomic E-state index is 11.8. The number of carboxylic acids is 1. The Morgan fingerprint density at radius 1 is 1.39 bits per heavy atom. The number of amides is 1. The summed E-state index contributed by atoms with van der Waals surface area (Å²) in [6.45, 7) is 0. The molecule has 94 valence electrons. The van der Waals surface area contributed by atoms with E-state index in [-0.39, 0.29) is 11.9 Å². The van der Waals surface area contributed by atoms with Gasteiger partial charge in [0.25, 0.3) is 5.91 Å². The molecule has 0 aromatic heterocycles. The lowest BCUT2D eigenvalue weighted by Crippen LogP contribution is -2.25. The van der Waals surface area contributed by atoms with Gasteiger partial charge >= 0.3 is 5.97 Å². The molecule has 0 heterocycles. The maximum atomic E-state index is 11.8. The van der Waals surface area contributed by atoms with Gasteiger partial charge in [0.05, 0.1) is 10.6 Å². The Kier molecular flexibility index (Phi) is 3.67. The van der Waals surface area contributed by atoms with E-state index in [1.807, 2.05) is 0 Å². The van der Waals surface area contributed by atoms with E-state index in [1.54, 1.807) is 18.2 Å². The van der Waals surface area contributed by atoms with E-state index in [0.29, 0.717) is 16.1 Å². The number of carboxylic acid groups (broad SMARTS) is 1. The molecule has 1 saturated carbocycles. The summed E-state index contributed by atoms with van der Waals surface area (Å²) in [7, 11) is 0. The monoisotopic (exact) mass is 265 g/mol. The van der Waals surface area contributed by atoms with E-state index in [4.69, 9.17) is 16.7 Å². The number of nitrogens with one attached hydrogen (secondary N) is 1. The number of carbonyl (C=O) groups is 2. The molecule has 1 aliphatic carbocycles. The summed E-state index contributed by atoms with van der Waals surface area (Å²) < 4.78 is 0. The Balaban J connectivity index is 2.13. The van der Waals surface area contributed by atoms with Crippen LogP contribution in [0.5, 0.6) is 0 Å². The number of aliphatic carboxylic acids is 1. The van der Waals surface area contributed by atoms with Crippen molar-refractivity contribution in [1.82, 2.24) is 5.32 Å². The van der Waals surface area contributed by atoms with Crippen LogP contribution in [-0.4, -0.2) is 23.0 Å². The van der Waals surface area contributed by atoms with Gasteiger partial charge in [0.1, 0.15) is 0 Å². The van der Waals surface area contributed by atoms with Crippen molar-refractivity contribution >= 4 is 29.6 Å². The number of carbonyl (C=O) groups excluding carboxylic acids is 1. The predicted molar refractivity (Wildman–Crippen MR) is 68.6 cm³/mol. The summed E-state index contributed by atoms with van der Waals surface area (Å²) in [5, 5.41) is 11.7. The van der Waals surface area contributed by atoms with Crippen LogP contribution in [0.2, 0.25) is 5.02 Å². The molecule has 2 rings (SSSR count). The smallest absolute Gasteiger partial charge is 0.328 e. The molecule has 5 heteroatoms. The third kappa shape index (κ3) is 3.34. The summed E-state index contributed by atoms with van der Waals surface area (Å²) in [5.74, 6) is -1.21. The van der Waals surface area contributed by atoms with Crippen LogP contribution < -0.4 is 5.32 Å². The van der Waals surface area contributed by atoms with Crippen LogP contribution in [0.25, 0.3) is 6.08 Å². The highest BCUT2D eigenvalue weighted by Gasteiger charge is 2.24. The van der Waals surface area contributed by atoms with Crippen molar-refractivity contribution in [3.8, 4) is 0 Å². The molecule has 1 aromatic carbocycles.